The van der Waals surface area contributed by atoms with Crippen molar-refractivity contribution in [3.05, 3.63) is 29.3 Å². The van der Waals surface area contributed by atoms with Crippen molar-refractivity contribution < 1.29 is 4.74 Å². The topological polar surface area (TPSA) is 9.23 Å². The van der Waals surface area contributed by atoms with Gasteiger partial charge in [-0.05, 0) is 62.5 Å². The van der Waals surface area contributed by atoms with Crippen molar-refractivity contribution >= 4 is 0 Å². The zero-order valence-corrected chi connectivity index (χ0v) is 14.0. The van der Waals surface area contributed by atoms with Crippen molar-refractivity contribution in [2.24, 2.45) is 5.92 Å². The molecule has 0 radical (unpaired) electrons. The summed E-state index contributed by atoms with van der Waals surface area (Å²) in [5.74, 6) is 3.11. The van der Waals surface area contributed by atoms with Gasteiger partial charge in [-0.3, -0.25) is 0 Å². The molecule has 0 aromatic heterocycles. The minimum atomic E-state index is -0.140. The van der Waals surface area contributed by atoms with Crippen LogP contribution in [0.15, 0.2) is 18.2 Å². The highest BCUT2D eigenvalue weighted by Gasteiger charge is 2.29. The SMILES string of the molecule is CC(C)c1cccc([C@@H](C)C2CCC2)c1OC(C)(C)C. The number of ether oxygens (including phenoxy) is 1. The van der Waals surface area contributed by atoms with Crippen LogP contribution in [0.3, 0.4) is 0 Å². The van der Waals surface area contributed by atoms with Crippen LogP contribution in [-0.2, 0) is 0 Å². The van der Waals surface area contributed by atoms with Crippen molar-refractivity contribution in [1.29, 1.82) is 0 Å². The second-order valence-corrected chi connectivity index (χ2v) is 7.61. The van der Waals surface area contributed by atoms with Gasteiger partial charge in [0.1, 0.15) is 11.4 Å². The molecule has 1 atom stereocenters. The van der Waals surface area contributed by atoms with Gasteiger partial charge in [-0.1, -0.05) is 45.4 Å². The lowest BCUT2D eigenvalue weighted by molar-refractivity contribution is 0.125. The molecule has 0 N–H and O–H groups in total. The van der Waals surface area contributed by atoms with Gasteiger partial charge in [-0.15, -0.1) is 0 Å². The van der Waals surface area contributed by atoms with Gasteiger partial charge >= 0.3 is 0 Å². The molecule has 1 heteroatoms. The van der Waals surface area contributed by atoms with E-state index < -0.39 is 0 Å². The molecular weight excluding hydrogens is 244 g/mol. The highest BCUT2D eigenvalue weighted by molar-refractivity contribution is 5.45. The van der Waals surface area contributed by atoms with E-state index in [1.807, 2.05) is 0 Å². The molecule has 0 saturated heterocycles. The average molecular weight is 274 g/mol. The maximum absolute atomic E-state index is 6.37. The molecule has 112 valence electrons. The zero-order valence-electron chi connectivity index (χ0n) is 14.0. The van der Waals surface area contributed by atoms with Gasteiger partial charge in [0.2, 0.25) is 0 Å². The third kappa shape index (κ3) is 3.37. The Kier molecular flexibility index (Phi) is 4.46. The van der Waals surface area contributed by atoms with Gasteiger partial charge in [0, 0.05) is 0 Å². The molecule has 0 aliphatic heterocycles. The van der Waals surface area contributed by atoms with E-state index in [9.17, 15) is 0 Å². The first-order valence-corrected chi connectivity index (χ1v) is 8.11. The van der Waals surface area contributed by atoms with Crippen LogP contribution in [0, 0.1) is 5.92 Å². The predicted octanol–water partition coefficient (Wildman–Crippen LogP) is 5.89. The molecule has 0 heterocycles. The van der Waals surface area contributed by atoms with Gasteiger partial charge < -0.3 is 4.74 Å². The number of para-hydroxylation sites is 1. The largest absolute Gasteiger partial charge is 0.488 e. The fourth-order valence-electron chi connectivity index (χ4n) is 3.00. The second kappa shape index (κ2) is 5.79. The van der Waals surface area contributed by atoms with E-state index in [4.69, 9.17) is 4.74 Å². The normalized spacial score (nSPS) is 17.9. The van der Waals surface area contributed by atoms with Crippen molar-refractivity contribution in [2.45, 2.75) is 78.2 Å². The molecular formula is C19H30O. The standard InChI is InChI=1S/C19H30O/c1-13(2)16-11-8-12-17(14(3)15-9-7-10-15)18(16)20-19(4,5)6/h8,11-15H,7,9-10H2,1-6H3/t14-/m0/s1. The zero-order chi connectivity index (χ0) is 14.9. The summed E-state index contributed by atoms with van der Waals surface area (Å²) in [4.78, 5) is 0. The van der Waals surface area contributed by atoms with Crippen molar-refractivity contribution in [3.63, 3.8) is 0 Å². The fraction of sp³-hybridized carbons (Fsp3) is 0.684. The summed E-state index contributed by atoms with van der Waals surface area (Å²) in [6.07, 6.45) is 4.15. The number of rotatable bonds is 4. The predicted molar refractivity (Wildman–Crippen MR) is 86.7 cm³/mol. The van der Waals surface area contributed by atoms with Gasteiger partial charge in [0.15, 0.2) is 0 Å². The highest BCUT2D eigenvalue weighted by atomic mass is 16.5. The van der Waals surface area contributed by atoms with Gasteiger partial charge in [0.25, 0.3) is 0 Å². The van der Waals surface area contributed by atoms with E-state index in [0.29, 0.717) is 11.8 Å². The third-order valence-electron chi connectivity index (χ3n) is 4.45. The van der Waals surface area contributed by atoms with Crippen LogP contribution in [0.25, 0.3) is 0 Å². The van der Waals surface area contributed by atoms with Crippen LogP contribution in [0.2, 0.25) is 0 Å². The van der Waals surface area contributed by atoms with Crippen LogP contribution in [0.1, 0.15) is 83.8 Å². The molecule has 1 nitrogen and oxygen atoms in total. The van der Waals surface area contributed by atoms with Gasteiger partial charge in [-0.25, -0.2) is 0 Å². The molecule has 0 unspecified atom stereocenters. The van der Waals surface area contributed by atoms with Crippen LogP contribution in [-0.4, -0.2) is 5.60 Å². The van der Waals surface area contributed by atoms with E-state index in [1.165, 1.54) is 30.4 Å². The smallest absolute Gasteiger partial charge is 0.127 e. The molecule has 20 heavy (non-hydrogen) atoms. The lowest BCUT2D eigenvalue weighted by Crippen LogP contribution is -2.26. The Morgan fingerprint density at radius 1 is 1.05 bits per heavy atom. The Labute approximate surface area is 124 Å². The summed E-state index contributed by atoms with van der Waals surface area (Å²) in [6.45, 7) is 13.3. The van der Waals surface area contributed by atoms with Crippen LogP contribution < -0.4 is 4.74 Å². The van der Waals surface area contributed by atoms with E-state index in [1.54, 1.807) is 0 Å². The Morgan fingerprint density at radius 3 is 2.10 bits per heavy atom. The van der Waals surface area contributed by atoms with Crippen LogP contribution >= 0.6 is 0 Å². The van der Waals surface area contributed by atoms with E-state index >= 15 is 0 Å². The minimum absolute atomic E-state index is 0.140. The summed E-state index contributed by atoms with van der Waals surface area (Å²) in [5, 5.41) is 0. The fourth-order valence-corrected chi connectivity index (χ4v) is 3.00. The maximum atomic E-state index is 6.37. The maximum Gasteiger partial charge on any atom is 0.127 e. The monoisotopic (exact) mass is 274 g/mol. The third-order valence-corrected chi connectivity index (χ3v) is 4.45. The number of hydrogen-bond donors (Lipinski definition) is 0. The Morgan fingerprint density at radius 2 is 1.65 bits per heavy atom. The second-order valence-electron chi connectivity index (χ2n) is 7.61. The van der Waals surface area contributed by atoms with Crippen LogP contribution in [0.5, 0.6) is 5.75 Å². The van der Waals surface area contributed by atoms with Crippen molar-refractivity contribution in [3.8, 4) is 5.75 Å². The molecule has 1 aliphatic carbocycles. The molecule has 1 aromatic rings. The molecule has 1 fully saturated rings. The first kappa shape index (κ1) is 15.4. The van der Waals surface area contributed by atoms with Crippen molar-refractivity contribution in [1.82, 2.24) is 0 Å². The van der Waals surface area contributed by atoms with E-state index in [-0.39, 0.29) is 5.60 Å². The molecule has 1 aromatic carbocycles. The molecule has 1 aliphatic rings. The average Bonchev–Trinajstić information content (AvgIpc) is 2.24. The van der Waals surface area contributed by atoms with Crippen LogP contribution in [0.4, 0.5) is 0 Å². The quantitative estimate of drug-likeness (QED) is 0.665. The van der Waals surface area contributed by atoms with E-state index in [0.717, 1.165) is 11.7 Å². The molecule has 0 spiro atoms. The van der Waals surface area contributed by atoms with Gasteiger partial charge in [0.05, 0.1) is 0 Å². The number of benzene rings is 1. The lowest BCUT2D eigenvalue weighted by Gasteiger charge is -2.35. The van der Waals surface area contributed by atoms with Crippen molar-refractivity contribution in [2.75, 3.05) is 0 Å². The summed E-state index contributed by atoms with van der Waals surface area (Å²) in [7, 11) is 0. The van der Waals surface area contributed by atoms with Gasteiger partial charge in [-0.2, -0.15) is 0 Å². The summed E-state index contributed by atoms with van der Waals surface area (Å²) in [6, 6.07) is 6.70. The summed E-state index contributed by atoms with van der Waals surface area (Å²) in [5.41, 5.74) is 2.62. The molecule has 2 rings (SSSR count). The Hall–Kier alpha value is -0.980. The number of hydrogen-bond acceptors (Lipinski definition) is 1. The minimum Gasteiger partial charge on any atom is -0.488 e. The molecule has 0 amide bonds. The summed E-state index contributed by atoms with van der Waals surface area (Å²) >= 11 is 0. The Balaban J connectivity index is 2.40. The lowest BCUT2D eigenvalue weighted by atomic mass is 9.73. The first-order valence-electron chi connectivity index (χ1n) is 8.11. The Bertz CT molecular complexity index is 449. The van der Waals surface area contributed by atoms with E-state index in [2.05, 4.69) is 59.7 Å². The molecule has 1 saturated carbocycles. The first-order chi connectivity index (χ1) is 9.29. The highest BCUT2D eigenvalue weighted by Crippen LogP contribution is 2.44. The summed E-state index contributed by atoms with van der Waals surface area (Å²) < 4.78 is 6.37. The molecule has 0 bridgehead atoms.